The molecular formula is C19H16F2N2OS. The number of carbonyl (C=O) groups is 1. The van der Waals surface area contributed by atoms with E-state index in [9.17, 15) is 13.6 Å². The summed E-state index contributed by atoms with van der Waals surface area (Å²) in [5.74, 6) is -1.68. The zero-order valence-corrected chi connectivity index (χ0v) is 14.4. The van der Waals surface area contributed by atoms with E-state index in [2.05, 4.69) is 11.6 Å². The Labute approximate surface area is 147 Å². The van der Waals surface area contributed by atoms with Crippen LogP contribution >= 0.6 is 11.3 Å². The summed E-state index contributed by atoms with van der Waals surface area (Å²) in [5, 5.41) is 0. The molecule has 2 aromatic carbocycles. The summed E-state index contributed by atoms with van der Waals surface area (Å²) < 4.78 is 29.5. The van der Waals surface area contributed by atoms with Gasteiger partial charge in [-0.1, -0.05) is 47.2 Å². The summed E-state index contributed by atoms with van der Waals surface area (Å²) in [4.78, 5) is 16.7. The number of benzene rings is 2. The van der Waals surface area contributed by atoms with Crippen molar-refractivity contribution in [2.75, 3.05) is 0 Å². The normalized spacial score (nSPS) is 11.9. The molecule has 25 heavy (non-hydrogen) atoms. The fourth-order valence-electron chi connectivity index (χ4n) is 2.54. The van der Waals surface area contributed by atoms with Gasteiger partial charge in [-0.15, -0.1) is 6.58 Å². The largest absolute Gasteiger partial charge is 0.310 e. The van der Waals surface area contributed by atoms with E-state index in [1.54, 1.807) is 6.08 Å². The third-order valence-corrected chi connectivity index (χ3v) is 4.73. The topological polar surface area (TPSA) is 34.4 Å². The zero-order chi connectivity index (χ0) is 18.0. The van der Waals surface area contributed by atoms with Crippen molar-refractivity contribution < 1.29 is 13.6 Å². The van der Waals surface area contributed by atoms with Gasteiger partial charge in [-0.2, -0.15) is 4.99 Å². The number of aryl methyl sites for hydroxylation is 1. The van der Waals surface area contributed by atoms with Crippen LogP contribution in [-0.2, 0) is 17.8 Å². The van der Waals surface area contributed by atoms with E-state index >= 15 is 0 Å². The first kappa shape index (κ1) is 17.2. The lowest BCUT2D eigenvalue weighted by molar-refractivity contribution is -0.117. The van der Waals surface area contributed by atoms with Crippen LogP contribution in [0.2, 0.25) is 0 Å². The first-order chi connectivity index (χ1) is 12.0. The fraction of sp³-hybridized carbons (Fsp3) is 0.158. The second-order valence-corrected chi connectivity index (χ2v) is 6.70. The smallest absolute Gasteiger partial charge is 0.252 e. The molecule has 0 radical (unpaired) electrons. The molecule has 0 N–H and O–H groups in total. The third kappa shape index (κ3) is 3.74. The van der Waals surface area contributed by atoms with Gasteiger partial charge in [-0.25, -0.2) is 8.78 Å². The van der Waals surface area contributed by atoms with Gasteiger partial charge in [0.25, 0.3) is 5.91 Å². The minimum Gasteiger partial charge on any atom is -0.310 e. The van der Waals surface area contributed by atoms with Gasteiger partial charge in [-0.05, 0) is 18.6 Å². The van der Waals surface area contributed by atoms with Crippen molar-refractivity contribution in [3.05, 3.63) is 76.6 Å². The van der Waals surface area contributed by atoms with E-state index in [-0.39, 0.29) is 24.4 Å². The molecule has 0 aliphatic heterocycles. The number of hydrogen-bond donors (Lipinski definition) is 0. The number of allylic oxidation sites excluding steroid dienone is 1. The Morgan fingerprint density at radius 2 is 2.00 bits per heavy atom. The van der Waals surface area contributed by atoms with Gasteiger partial charge in [0.2, 0.25) is 0 Å². The van der Waals surface area contributed by atoms with Crippen molar-refractivity contribution in [2.45, 2.75) is 19.9 Å². The third-order valence-electron chi connectivity index (χ3n) is 3.70. The molecule has 0 saturated carbocycles. The number of thiazole rings is 1. The van der Waals surface area contributed by atoms with Gasteiger partial charge in [0.05, 0.1) is 16.6 Å². The Balaban J connectivity index is 2.04. The highest BCUT2D eigenvalue weighted by molar-refractivity contribution is 7.16. The SMILES string of the molecule is C=CCn1c(=NC(=O)Cc2ccc(C)cc2)sc2cc(F)cc(F)c21. The number of halogens is 2. The molecule has 0 bridgehead atoms. The number of fused-ring (bicyclic) bond motifs is 1. The van der Waals surface area contributed by atoms with Crippen LogP contribution in [0.5, 0.6) is 0 Å². The minimum absolute atomic E-state index is 0.152. The predicted octanol–water partition coefficient (Wildman–Crippen LogP) is 4.15. The Bertz CT molecular complexity index is 1020. The lowest BCUT2D eigenvalue weighted by Gasteiger charge is -2.02. The van der Waals surface area contributed by atoms with Crippen molar-refractivity contribution in [3.8, 4) is 0 Å². The fourth-order valence-corrected chi connectivity index (χ4v) is 3.64. The van der Waals surface area contributed by atoms with Crippen molar-refractivity contribution in [3.63, 3.8) is 0 Å². The molecule has 0 aliphatic carbocycles. The van der Waals surface area contributed by atoms with Crippen molar-refractivity contribution in [1.29, 1.82) is 0 Å². The van der Waals surface area contributed by atoms with Gasteiger partial charge in [0.15, 0.2) is 10.6 Å². The van der Waals surface area contributed by atoms with Gasteiger partial charge in [-0.3, -0.25) is 4.79 Å². The quantitative estimate of drug-likeness (QED) is 0.645. The highest BCUT2D eigenvalue weighted by atomic mass is 32.1. The van der Waals surface area contributed by atoms with E-state index in [0.29, 0.717) is 9.50 Å². The summed E-state index contributed by atoms with van der Waals surface area (Å²) in [5.41, 5.74) is 2.19. The first-order valence-electron chi connectivity index (χ1n) is 7.70. The Hall–Kier alpha value is -2.60. The highest BCUT2D eigenvalue weighted by Gasteiger charge is 2.13. The van der Waals surface area contributed by atoms with Crippen molar-refractivity contribution in [1.82, 2.24) is 4.57 Å². The molecule has 3 aromatic rings. The molecule has 0 fully saturated rings. The number of nitrogens with zero attached hydrogens (tertiary/aromatic N) is 2. The molecule has 0 aliphatic rings. The lowest BCUT2D eigenvalue weighted by Crippen LogP contribution is -2.17. The summed E-state index contributed by atoms with van der Waals surface area (Å²) in [6.07, 6.45) is 1.73. The number of amides is 1. The summed E-state index contributed by atoms with van der Waals surface area (Å²) >= 11 is 1.08. The molecule has 0 spiro atoms. The minimum atomic E-state index is -0.680. The standard InChI is InChI=1S/C19H16F2N2OS/c1-3-8-23-18-15(21)10-14(20)11-16(18)25-19(23)22-17(24)9-13-6-4-12(2)5-7-13/h3-7,10-11H,1,8-9H2,2H3. The van der Waals surface area contributed by atoms with Crippen LogP contribution < -0.4 is 4.80 Å². The van der Waals surface area contributed by atoms with E-state index in [0.717, 1.165) is 28.5 Å². The Morgan fingerprint density at radius 3 is 2.68 bits per heavy atom. The molecule has 128 valence electrons. The predicted molar refractivity (Wildman–Crippen MR) is 95.4 cm³/mol. The average Bonchev–Trinajstić information content (AvgIpc) is 2.87. The van der Waals surface area contributed by atoms with Crippen molar-refractivity contribution >= 4 is 27.5 Å². The monoisotopic (exact) mass is 358 g/mol. The number of aromatic nitrogens is 1. The molecule has 6 heteroatoms. The van der Waals surface area contributed by atoms with Gasteiger partial charge in [0.1, 0.15) is 5.82 Å². The number of hydrogen-bond acceptors (Lipinski definition) is 2. The van der Waals surface area contributed by atoms with Crippen LogP contribution in [0.15, 0.2) is 54.0 Å². The molecule has 1 aromatic heterocycles. The van der Waals surface area contributed by atoms with Gasteiger partial charge in [0, 0.05) is 12.6 Å². The van der Waals surface area contributed by atoms with E-state index in [1.807, 2.05) is 31.2 Å². The maximum Gasteiger partial charge on any atom is 0.252 e. The molecule has 3 rings (SSSR count). The first-order valence-corrected chi connectivity index (χ1v) is 8.52. The van der Waals surface area contributed by atoms with Crippen LogP contribution in [0.1, 0.15) is 11.1 Å². The number of rotatable bonds is 4. The average molecular weight is 358 g/mol. The van der Waals surface area contributed by atoms with Crippen LogP contribution in [0.25, 0.3) is 10.2 Å². The van der Waals surface area contributed by atoms with Gasteiger partial charge >= 0.3 is 0 Å². The van der Waals surface area contributed by atoms with E-state index in [4.69, 9.17) is 0 Å². The van der Waals surface area contributed by atoms with E-state index in [1.165, 1.54) is 10.6 Å². The maximum atomic E-state index is 14.2. The second-order valence-electron chi connectivity index (χ2n) is 5.69. The molecule has 1 amide bonds. The Kier molecular flexibility index (Phi) is 4.90. The molecule has 1 heterocycles. The molecular weight excluding hydrogens is 342 g/mol. The summed E-state index contributed by atoms with van der Waals surface area (Å²) in [6.45, 7) is 5.89. The number of carbonyl (C=O) groups excluding carboxylic acids is 1. The molecule has 3 nitrogen and oxygen atoms in total. The van der Waals surface area contributed by atoms with Crippen LogP contribution in [0.3, 0.4) is 0 Å². The summed E-state index contributed by atoms with van der Waals surface area (Å²) in [6, 6.07) is 9.68. The summed E-state index contributed by atoms with van der Waals surface area (Å²) in [7, 11) is 0. The van der Waals surface area contributed by atoms with Gasteiger partial charge < -0.3 is 4.57 Å². The molecule has 0 unspecified atom stereocenters. The maximum absolute atomic E-state index is 14.2. The highest BCUT2D eigenvalue weighted by Crippen LogP contribution is 2.22. The molecule has 0 atom stereocenters. The van der Waals surface area contributed by atoms with Crippen LogP contribution in [-0.4, -0.2) is 10.5 Å². The van der Waals surface area contributed by atoms with Crippen LogP contribution in [0.4, 0.5) is 8.78 Å². The molecule has 0 saturated heterocycles. The van der Waals surface area contributed by atoms with E-state index < -0.39 is 11.6 Å². The Morgan fingerprint density at radius 1 is 1.28 bits per heavy atom. The lowest BCUT2D eigenvalue weighted by atomic mass is 10.1. The second kappa shape index (κ2) is 7.11. The van der Waals surface area contributed by atoms with Crippen molar-refractivity contribution in [2.24, 2.45) is 4.99 Å². The zero-order valence-electron chi connectivity index (χ0n) is 13.6. The van der Waals surface area contributed by atoms with Crippen LogP contribution in [0, 0.1) is 18.6 Å².